The Bertz CT molecular complexity index is 1410. The lowest BCUT2D eigenvalue weighted by molar-refractivity contribution is 0.0642. The Morgan fingerprint density at radius 2 is 1.61 bits per heavy atom. The van der Waals surface area contributed by atoms with Gasteiger partial charge in [-0.05, 0) is 41.0 Å². The van der Waals surface area contributed by atoms with Crippen molar-refractivity contribution >= 4 is 17.7 Å². The second-order valence-electron chi connectivity index (χ2n) is 8.46. The number of aromatic nitrogens is 2. The van der Waals surface area contributed by atoms with E-state index in [0.29, 0.717) is 41.1 Å². The molecular formula is C28H24N4O4. The predicted octanol–water partition coefficient (Wildman–Crippen LogP) is 3.67. The Morgan fingerprint density at radius 3 is 2.28 bits per heavy atom. The number of hydrogen-bond donors (Lipinski definition) is 1. The summed E-state index contributed by atoms with van der Waals surface area (Å²) in [7, 11) is 1.50. The van der Waals surface area contributed by atoms with Crippen LogP contribution in [0.1, 0.15) is 47.8 Å². The summed E-state index contributed by atoms with van der Waals surface area (Å²) in [5, 5.41) is 2.97. The third-order valence-electron chi connectivity index (χ3n) is 6.20. The van der Waals surface area contributed by atoms with E-state index in [1.165, 1.54) is 12.0 Å². The highest BCUT2D eigenvalue weighted by Gasteiger charge is 2.35. The van der Waals surface area contributed by atoms with Gasteiger partial charge < -0.3 is 14.6 Å². The molecule has 1 N–H and O–H groups in total. The molecule has 5 rings (SSSR count). The van der Waals surface area contributed by atoms with Crippen molar-refractivity contribution in [2.75, 3.05) is 7.11 Å². The van der Waals surface area contributed by atoms with Crippen molar-refractivity contribution in [3.8, 4) is 5.75 Å². The third kappa shape index (κ3) is 4.48. The van der Waals surface area contributed by atoms with Crippen molar-refractivity contribution < 1.29 is 19.1 Å². The number of ether oxygens (including phenoxy) is 1. The molecule has 0 atom stereocenters. The van der Waals surface area contributed by atoms with Crippen molar-refractivity contribution in [2.24, 2.45) is 0 Å². The van der Waals surface area contributed by atoms with Crippen LogP contribution in [0.4, 0.5) is 0 Å². The molecule has 0 saturated heterocycles. The van der Waals surface area contributed by atoms with Gasteiger partial charge in [-0.1, -0.05) is 42.5 Å². The molecule has 0 radical (unpaired) electrons. The number of nitrogens with zero attached hydrogens (tertiary/aromatic N) is 3. The Balaban J connectivity index is 1.32. The predicted molar refractivity (Wildman–Crippen MR) is 133 cm³/mol. The number of benzene rings is 3. The molecule has 0 fully saturated rings. The summed E-state index contributed by atoms with van der Waals surface area (Å²) in [4.78, 5) is 44.0. The molecule has 0 unspecified atom stereocenters. The molecule has 1 aliphatic rings. The van der Waals surface area contributed by atoms with Gasteiger partial charge in [-0.25, -0.2) is 4.98 Å². The number of carbonyl (C=O) groups is 3. The van der Waals surface area contributed by atoms with Crippen LogP contribution in [0.5, 0.6) is 5.75 Å². The molecule has 3 aromatic carbocycles. The van der Waals surface area contributed by atoms with Crippen molar-refractivity contribution in [1.82, 2.24) is 19.8 Å². The molecule has 8 heteroatoms. The summed E-state index contributed by atoms with van der Waals surface area (Å²) in [6, 6.07) is 19.7. The van der Waals surface area contributed by atoms with Gasteiger partial charge in [-0.15, -0.1) is 0 Å². The minimum atomic E-state index is -0.341. The van der Waals surface area contributed by atoms with Gasteiger partial charge in [0.1, 0.15) is 5.75 Å². The average Bonchev–Trinajstić information content (AvgIpc) is 3.51. The molecule has 180 valence electrons. The number of rotatable bonds is 8. The fourth-order valence-electron chi connectivity index (χ4n) is 4.33. The molecule has 1 aliphatic heterocycles. The number of nitrogens with one attached hydrogen (secondary N) is 1. The monoisotopic (exact) mass is 480 g/mol. The number of amides is 3. The number of carbonyl (C=O) groups excluding carboxylic acids is 3. The lowest BCUT2D eigenvalue weighted by Gasteiger charge is -2.16. The summed E-state index contributed by atoms with van der Waals surface area (Å²) in [5.74, 6) is -0.586. The summed E-state index contributed by atoms with van der Waals surface area (Å²) in [6.45, 7) is 1.03. The second kappa shape index (κ2) is 9.87. The molecule has 2 heterocycles. The van der Waals surface area contributed by atoms with Gasteiger partial charge in [0.2, 0.25) is 0 Å². The summed E-state index contributed by atoms with van der Waals surface area (Å²) >= 11 is 0. The van der Waals surface area contributed by atoms with E-state index in [-0.39, 0.29) is 24.3 Å². The van der Waals surface area contributed by atoms with Crippen LogP contribution >= 0.6 is 0 Å². The van der Waals surface area contributed by atoms with E-state index in [9.17, 15) is 14.4 Å². The SMILES string of the molecule is COc1ccc(CN2C(=O)c3ccccc3C2=O)cc1C(=O)NCc1ccccc1Cn1ccnc1. The number of hydrogen-bond acceptors (Lipinski definition) is 5. The van der Waals surface area contributed by atoms with Gasteiger partial charge in [0.25, 0.3) is 17.7 Å². The number of imide groups is 1. The van der Waals surface area contributed by atoms with E-state index >= 15 is 0 Å². The van der Waals surface area contributed by atoms with E-state index in [0.717, 1.165) is 11.1 Å². The number of methoxy groups -OCH3 is 1. The van der Waals surface area contributed by atoms with Crippen molar-refractivity contribution in [3.05, 3.63) is 119 Å². The second-order valence-corrected chi connectivity index (χ2v) is 8.46. The normalized spacial score (nSPS) is 12.5. The van der Waals surface area contributed by atoms with E-state index in [4.69, 9.17) is 4.74 Å². The first-order valence-electron chi connectivity index (χ1n) is 11.5. The first-order valence-corrected chi connectivity index (χ1v) is 11.5. The average molecular weight is 481 g/mol. The lowest BCUT2D eigenvalue weighted by Crippen LogP contribution is -2.29. The molecule has 0 saturated carbocycles. The molecule has 0 spiro atoms. The van der Waals surface area contributed by atoms with Crippen LogP contribution in [0.2, 0.25) is 0 Å². The van der Waals surface area contributed by atoms with Gasteiger partial charge in [0.05, 0.1) is 36.7 Å². The van der Waals surface area contributed by atoms with Crippen LogP contribution < -0.4 is 10.1 Å². The molecule has 0 bridgehead atoms. The van der Waals surface area contributed by atoms with E-state index in [1.54, 1.807) is 55.0 Å². The first kappa shape index (κ1) is 23.0. The highest BCUT2D eigenvalue weighted by molar-refractivity contribution is 6.21. The van der Waals surface area contributed by atoms with Crippen LogP contribution in [-0.4, -0.2) is 39.3 Å². The highest BCUT2D eigenvalue weighted by Crippen LogP contribution is 2.26. The number of imidazole rings is 1. The largest absolute Gasteiger partial charge is 0.496 e. The maximum Gasteiger partial charge on any atom is 0.261 e. The molecule has 3 amide bonds. The minimum absolute atomic E-state index is 0.0599. The zero-order valence-electron chi connectivity index (χ0n) is 19.7. The Kier molecular flexibility index (Phi) is 6.32. The zero-order valence-corrected chi connectivity index (χ0v) is 19.7. The van der Waals surface area contributed by atoms with Crippen molar-refractivity contribution in [1.29, 1.82) is 0 Å². The van der Waals surface area contributed by atoms with Gasteiger partial charge in [-0.3, -0.25) is 19.3 Å². The summed E-state index contributed by atoms with van der Waals surface area (Å²) in [6.07, 6.45) is 5.37. The van der Waals surface area contributed by atoms with Crippen LogP contribution in [0, 0.1) is 0 Å². The Labute approximate surface area is 208 Å². The highest BCUT2D eigenvalue weighted by atomic mass is 16.5. The van der Waals surface area contributed by atoms with Crippen molar-refractivity contribution in [2.45, 2.75) is 19.6 Å². The molecule has 1 aromatic heterocycles. The standard InChI is InChI=1S/C28H24N4O4/c1-36-25-11-10-19(16-32-27(34)22-8-4-5-9-23(22)28(32)35)14-24(25)26(33)30-15-20-6-2-3-7-21(20)17-31-13-12-29-18-31/h2-14,18H,15-17H2,1H3,(H,30,33). The quantitative estimate of drug-likeness (QED) is 0.389. The van der Waals surface area contributed by atoms with E-state index in [1.807, 2.05) is 35.0 Å². The fourth-order valence-corrected chi connectivity index (χ4v) is 4.33. The Hall–Kier alpha value is -4.72. The summed E-state index contributed by atoms with van der Waals surface area (Å²) < 4.78 is 7.38. The molecule has 4 aromatic rings. The van der Waals surface area contributed by atoms with Crippen LogP contribution in [-0.2, 0) is 19.6 Å². The van der Waals surface area contributed by atoms with Crippen LogP contribution in [0.15, 0.2) is 85.5 Å². The smallest absolute Gasteiger partial charge is 0.261 e. The van der Waals surface area contributed by atoms with Crippen molar-refractivity contribution in [3.63, 3.8) is 0 Å². The van der Waals surface area contributed by atoms with E-state index < -0.39 is 0 Å². The fraction of sp³-hybridized carbons (Fsp3) is 0.143. The Morgan fingerprint density at radius 1 is 0.917 bits per heavy atom. The van der Waals surface area contributed by atoms with Crippen LogP contribution in [0.25, 0.3) is 0 Å². The third-order valence-corrected chi connectivity index (χ3v) is 6.20. The van der Waals surface area contributed by atoms with Crippen LogP contribution in [0.3, 0.4) is 0 Å². The molecule has 8 nitrogen and oxygen atoms in total. The zero-order chi connectivity index (χ0) is 25.1. The minimum Gasteiger partial charge on any atom is -0.496 e. The molecular weight excluding hydrogens is 456 g/mol. The maximum absolute atomic E-state index is 13.2. The van der Waals surface area contributed by atoms with Gasteiger partial charge in [0, 0.05) is 25.5 Å². The summed E-state index contributed by atoms with van der Waals surface area (Å²) in [5.41, 5.74) is 3.82. The first-order chi connectivity index (χ1) is 17.5. The van der Waals surface area contributed by atoms with Gasteiger partial charge >= 0.3 is 0 Å². The lowest BCUT2D eigenvalue weighted by atomic mass is 10.1. The molecule has 36 heavy (non-hydrogen) atoms. The topological polar surface area (TPSA) is 93.5 Å². The number of fused-ring (bicyclic) bond motifs is 1. The van der Waals surface area contributed by atoms with Gasteiger partial charge in [0.15, 0.2) is 0 Å². The van der Waals surface area contributed by atoms with Gasteiger partial charge in [-0.2, -0.15) is 0 Å². The molecule has 0 aliphatic carbocycles. The maximum atomic E-state index is 13.2. The van der Waals surface area contributed by atoms with E-state index in [2.05, 4.69) is 10.3 Å².